The first-order valence-electron chi connectivity index (χ1n) is 10.8. The number of hydrogen-bond donors (Lipinski definition) is 1. The van der Waals surface area contributed by atoms with Crippen molar-refractivity contribution in [1.29, 1.82) is 0 Å². The molecule has 5 heterocycles. The maximum absolute atomic E-state index is 13.5. The Bertz CT molecular complexity index is 1360. The normalized spacial score (nSPS) is 17.0. The van der Waals surface area contributed by atoms with Crippen LogP contribution in [0.15, 0.2) is 54.9 Å². The van der Waals surface area contributed by atoms with Crippen LogP contribution in [0.2, 0.25) is 0 Å². The van der Waals surface area contributed by atoms with E-state index >= 15 is 0 Å². The fourth-order valence-electron chi connectivity index (χ4n) is 4.75. The Balaban J connectivity index is 1.37. The minimum atomic E-state index is -0.156. The highest BCUT2D eigenvalue weighted by Crippen LogP contribution is 2.40. The van der Waals surface area contributed by atoms with Crippen LogP contribution in [0.3, 0.4) is 0 Å². The molecule has 1 fully saturated rings. The molecule has 0 spiro atoms. The predicted molar refractivity (Wildman–Crippen MR) is 125 cm³/mol. The zero-order chi connectivity index (χ0) is 21.8. The van der Waals surface area contributed by atoms with Crippen LogP contribution < -0.4 is 15.1 Å². The number of amides is 2. The largest absolute Gasteiger partial charge is 0.366 e. The average Bonchev–Trinajstić information content (AvgIpc) is 3.36. The number of nitrogens with one attached hydrogen (secondary N) is 1. The number of carbonyl (C=O) groups excluding carboxylic acids is 1. The molecular formula is C24H23N7O. The Labute approximate surface area is 185 Å². The van der Waals surface area contributed by atoms with Crippen molar-refractivity contribution in [3.63, 3.8) is 0 Å². The standard InChI is InChI=1S/C24H23N7O/c1-15-11-16(7-9-25-15)20-5-6-22-23(27-20)31(19-8-10-30(22)14-19)24(32)26-18-3-4-21-17(12-18)13-29(2)28-21/h3-7,9,11-13,19H,8,10,14H2,1-2H3,(H,26,32). The molecule has 8 heteroatoms. The van der Waals surface area contributed by atoms with E-state index in [4.69, 9.17) is 4.98 Å². The molecule has 8 nitrogen and oxygen atoms in total. The molecule has 6 rings (SSSR count). The molecule has 1 unspecified atom stereocenters. The van der Waals surface area contributed by atoms with Crippen LogP contribution >= 0.6 is 0 Å². The van der Waals surface area contributed by atoms with Gasteiger partial charge in [0.1, 0.15) is 0 Å². The van der Waals surface area contributed by atoms with E-state index < -0.39 is 0 Å². The zero-order valence-electron chi connectivity index (χ0n) is 18.0. The lowest BCUT2D eigenvalue weighted by Crippen LogP contribution is -2.48. The van der Waals surface area contributed by atoms with Crippen LogP contribution in [0.4, 0.5) is 22.0 Å². The van der Waals surface area contributed by atoms with Crippen molar-refractivity contribution in [1.82, 2.24) is 19.7 Å². The van der Waals surface area contributed by atoms with Crippen molar-refractivity contribution >= 4 is 34.1 Å². The van der Waals surface area contributed by atoms with Gasteiger partial charge in [-0.05, 0) is 55.8 Å². The quantitative estimate of drug-likeness (QED) is 0.526. The van der Waals surface area contributed by atoms with Crippen LogP contribution in [0, 0.1) is 6.92 Å². The summed E-state index contributed by atoms with van der Waals surface area (Å²) in [5.74, 6) is 0.714. The second-order valence-electron chi connectivity index (χ2n) is 8.49. The summed E-state index contributed by atoms with van der Waals surface area (Å²) in [5.41, 5.74) is 5.43. The first-order valence-corrected chi connectivity index (χ1v) is 10.8. The fourth-order valence-corrected chi connectivity index (χ4v) is 4.75. The van der Waals surface area contributed by atoms with Crippen molar-refractivity contribution in [3.8, 4) is 11.3 Å². The van der Waals surface area contributed by atoms with E-state index in [1.54, 1.807) is 10.9 Å². The van der Waals surface area contributed by atoms with Gasteiger partial charge >= 0.3 is 6.03 Å². The topological polar surface area (TPSA) is 79.2 Å². The second-order valence-corrected chi connectivity index (χ2v) is 8.49. The number of hydrogen-bond acceptors (Lipinski definition) is 5. The number of aryl methyl sites for hydroxylation is 2. The summed E-state index contributed by atoms with van der Waals surface area (Å²) in [5, 5.41) is 8.48. The molecule has 0 aliphatic carbocycles. The number of rotatable bonds is 2. The Morgan fingerprint density at radius 1 is 1.16 bits per heavy atom. The summed E-state index contributed by atoms with van der Waals surface area (Å²) in [7, 11) is 1.89. The van der Waals surface area contributed by atoms with Gasteiger partial charge in [-0.2, -0.15) is 5.10 Å². The SMILES string of the molecule is Cc1cc(-c2ccc3c(n2)N(C(=O)Nc2ccc4nn(C)cc4c2)C2CCN3C2)ccn1. The lowest BCUT2D eigenvalue weighted by Gasteiger charge is -2.36. The van der Waals surface area contributed by atoms with Crippen LogP contribution in [0.1, 0.15) is 12.1 Å². The molecule has 2 bridgehead atoms. The smallest absolute Gasteiger partial charge is 0.327 e. The molecule has 1 saturated heterocycles. The molecule has 0 radical (unpaired) electrons. The van der Waals surface area contributed by atoms with Crippen LogP contribution in [0.5, 0.6) is 0 Å². The van der Waals surface area contributed by atoms with Crippen molar-refractivity contribution in [2.24, 2.45) is 7.05 Å². The van der Waals surface area contributed by atoms with Gasteiger partial charge in [-0.25, -0.2) is 9.78 Å². The molecule has 160 valence electrons. The van der Waals surface area contributed by atoms with Gasteiger partial charge in [0.15, 0.2) is 5.82 Å². The van der Waals surface area contributed by atoms with Gasteiger partial charge < -0.3 is 10.2 Å². The van der Waals surface area contributed by atoms with Gasteiger partial charge in [0.25, 0.3) is 0 Å². The number of aromatic nitrogens is 4. The van der Waals surface area contributed by atoms with Gasteiger partial charge in [0.05, 0.1) is 22.9 Å². The number of urea groups is 1. The highest BCUT2D eigenvalue weighted by Gasteiger charge is 2.40. The predicted octanol–water partition coefficient (Wildman–Crippen LogP) is 3.97. The highest BCUT2D eigenvalue weighted by molar-refractivity contribution is 6.05. The number of benzene rings is 1. The van der Waals surface area contributed by atoms with Gasteiger partial charge in [-0.3, -0.25) is 14.6 Å². The molecule has 2 amide bonds. The van der Waals surface area contributed by atoms with E-state index in [0.29, 0.717) is 5.82 Å². The Morgan fingerprint density at radius 2 is 2.06 bits per heavy atom. The number of anilines is 3. The van der Waals surface area contributed by atoms with Crippen LogP contribution in [-0.2, 0) is 7.05 Å². The van der Waals surface area contributed by atoms with E-state index in [-0.39, 0.29) is 12.1 Å². The minimum Gasteiger partial charge on any atom is -0.366 e. The van der Waals surface area contributed by atoms with Gasteiger partial charge in [0, 0.05) is 54.9 Å². The molecule has 0 saturated carbocycles. The number of fused-ring (bicyclic) bond motifs is 5. The Kier molecular flexibility index (Phi) is 4.14. The molecule has 1 aromatic carbocycles. The van der Waals surface area contributed by atoms with E-state index in [2.05, 4.69) is 26.4 Å². The summed E-state index contributed by atoms with van der Waals surface area (Å²) in [6.07, 6.45) is 4.66. The maximum Gasteiger partial charge on any atom is 0.327 e. The third kappa shape index (κ3) is 3.07. The highest BCUT2D eigenvalue weighted by atomic mass is 16.2. The summed E-state index contributed by atoms with van der Waals surface area (Å²) < 4.78 is 1.77. The summed E-state index contributed by atoms with van der Waals surface area (Å²) in [6, 6.07) is 13.8. The van der Waals surface area contributed by atoms with E-state index in [0.717, 1.165) is 58.7 Å². The molecule has 3 aromatic heterocycles. The molecule has 1 N–H and O–H groups in total. The summed E-state index contributed by atoms with van der Waals surface area (Å²) >= 11 is 0. The average molecular weight is 425 g/mol. The van der Waals surface area contributed by atoms with Crippen molar-refractivity contribution in [2.75, 3.05) is 28.2 Å². The van der Waals surface area contributed by atoms with Gasteiger partial charge in [-0.15, -0.1) is 0 Å². The summed E-state index contributed by atoms with van der Waals surface area (Å²) in [6.45, 7) is 3.72. The lowest BCUT2D eigenvalue weighted by atomic mass is 10.1. The molecule has 4 aromatic rings. The first kappa shape index (κ1) is 18.8. The maximum atomic E-state index is 13.5. The second kappa shape index (κ2) is 7.05. The van der Waals surface area contributed by atoms with E-state index in [9.17, 15) is 4.79 Å². The number of nitrogens with zero attached hydrogens (tertiary/aromatic N) is 6. The van der Waals surface area contributed by atoms with Crippen LogP contribution in [0.25, 0.3) is 22.2 Å². The lowest BCUT2D eigenvalue weighted by molar-refractivity contribution is 0.255. The number of pyridine rings is 2. The van der Waals surface area contributed by atoms with Crippen molar-refractivity contribution in [2.45, 2.75) is 19.4 Å². The third-order valence-electron chi connectivity index (χ3n) is 6.23. The van der Waals surface area contributed by atoms with E-state index in [1.807, 2.05) is 61.5 Å². The first-order chi connectivity index (χ1) is 15.5. The van der Waals surface area contributed by atoms with E-state index in [1.165, 1.54) is 0 Å². The fraction of sp³-hybridized carbons (Fsp3) is 0.250. The minimum absolute atomic E-state index is 0.103. The van der Waals surface area contributed by atoms with Gasteiger partial charge in [0.2, 0.25) is 0 Å². The Morgan fingerprint density at radius 3 is 2.94 bits per heavy atom. The number of carbonyl (C=O) groups is 1. The van der Waals surface area contributed by atoms with Gasteiger partial charge in [-0.1, -0.05) is 0 Å². The zero-order valence-corrected chi connectivity index (χ0v) is 18.0. The van der Waals surface area contributed by atoms with Crippen molar-refractivity contribution < 1.29 is 4.79 Å². The third-order valence-corrected chi connectivity index (χ3v) is 6.23. The van der Waals surface area contributed by atoms with Crippen LogP contribution in [-0.4, -0.2) is 44.9 Å². The molecule has 2 aliphatic rings. The monoisotopic (exact) mass is 425 g/mol. The molecule has 2 aliphatic heterocycles. The molecule has 32 heavy (non-hydrogen) atoms. The van der Waals surface area contributed by atoms with Crippen molar-refractivity contribution in [3.05, 3.63) is 60.6 Å². The molecule has 1 atom stereocenters. The summed E-state index contributed by atoms with van der Waals surface area (Å²) in [4.78, 5) is 26.9. The molecular weight excluding hydrogens is 402 g/mol. The Hall–Kier alpha value is -3.94.